The van der Waals surface area contributed by atoms with E-state index in [4.69, 9.17) is 0 Å². The first-order valence-electron chi connectivity index (χ1n) is 5.34. The molecule has 0 atom stereocenters. The molecule has 0 saturated heterocycles. The molecule has 1 aromatic carbocycles. The second-order valence-electron chi connectivity index (χ2n) is 4.28. The second kappa shape index (κ2) is 5.84. The summed E-state index contributed by atoms with van der Waals surface area (Å²) >= 11 is 3.36. The van der Waals surface area contributed by atoms with E-state index in [-0.39, 0.29) is 5.92 Å². The van der Waals surface area contributed by atoms with Gasteiger partial charge in [0.05, 0.1) is 5.69 Å². The molecule has 1 rings (SSSR count). The zero-order valence-electron chi connectivity index (χ0n) is 10.1. The number of rotatable bonds is 5. The van der Waals surface area contributed by atoms with Crippen LogP contribution in [0.2, 0.25) is 0 Å². The molecule has 17 heavy (non-hydrogen) atoms. The van der Waals surface area contributed by atoms with Gasteiger partial charge in [-0.1, -0.05) is 26.0 Å². The molecule has 0 aliphatic carbocycles. The molecule has 0 fully saturated rings. The van der Waals surface area contributed by atoms with Crippen LogP contribution in [0, 0.1) is 12.8 Å². The largest absolute Gasteiger partial charge is 0.299 e. The molecule has 4 nitrogen and oxygen atoms in total. The molecular weight excluding hydrogens is 304 g/mol. The first kappa shape index (κ1) is 14.5. The lowest BCUT2D eigenvalue weighted by atomic mass is 10.2. The van der Waals surface area contributed by atoms with Crippen LogP contribution in [0.25, 0.3) is 0 Å². The van der Waals surface area contributed by atoms with Gasteiger partial charge in [0, 0.05) is 11.0 Å². The van der Waals surface area contributed by atoms with Gasteiger partial charge in [-0.15, -0.1) is 0 Å². The van der Waals surface area contributed by atoms with Gasteiger partial charge in [0.1, 0.15) is 0 Å². The van der Waals surface area contributed by atoms with E-state index in [0.29, 0.717) is 12.2 Å². The molecule has 0 aromatic heterocycles. The Balaban J connectivity index is 2.80. The van der Waals surface area contributed by atoms with E-state index in [2.05, 4.69) is 25.4 Å². The van der Waals surface area contributed by atoms with E-state index < -0.39 is 10.2 Å². The van der Waals surface area contributed by atoms with Crippen molar-refractivity contribution in [3.05, 3.63) is 28.2 Å². The molecule has 96 valence electrons. The summed E-state index contributed by atoms with van der Waals surface area (Å²) < 4.78 is 29.2. The number of hydrogen-bond donors (Lipinski definition) is 2. The molecule has 0 bridgehead atoms. The average Bonchev–Trinajstić information content (AvgIpc) is 2.22. The van der Waals surface area contributed by atoms with Crippen LogP contribution in [0.15, 0.2) is 22.7 Å². The standard InChI is InChI=1S/C11H17BrN2O2S/c1-8(2)7-13-17(15,16)14-10-6-4-5-9(3)11(10)12/h4-6,8,13-14H,7H2,1-3H3. The molecule has 0 spiro atoms. The van der Waals surface area contributed by atoms with Crippen LogP contribution in [-0.4, -0.2) is 15.0 Å². The van der Waals surface area contributed by atoms with Crippen molar-refractivity contribution in [3.8, 4) is 0 Å². The van der Waals surface area contributed by atoms with Crippen LogP contribution in [0.3, 0.4) is 0 Å². The summed E-state index contributed by atoms with van der Waals surface area (Å²) in [6, 6.07) is 5.43. The summed E-state index contributed by atoms with van der Waals surface area (Å²) in [5, 5.41) is 0. The van der Waals surface area contributed by atoms with Crippen LogP contribution >= 0.6 is 15.9 Å². The smallest absolute Gasteiger partial charge is 0.270 e. The van der Waals surface area contributed by atoms with Gasteiger partial charge in [-0.25, -0.2) is 0 Å². The first-order chi connectivity index (χ1) is 7.82. The van der Waals surface area contributed by atoms with E-state index in [9.17, 15) is 8.42 Å². The van der Waals surface area contributed by atoms with Crippen LogP contribution in [0.5, 0.6) is 0 Å². The van der Waals surface area contributed by atoms with E-state index in [1.165, 1.54) is 0 Å². The maximum absolute atomic E-state index is 11.7. The first-order valence-corrected chi connectivity index (χ1v) is 7.62. The molecular formula is C11H17BrN2O2S. The SMILES string of the molecule is Cc1cccc(NS(=O)(=O)NCC(C)C)c1Br. The van der Waals surface area contributed by atoms with Crippen molar-refractivity contribution >= 4 is 31.8 Å². The molecule has 2 N–H and O–H groups in total. The number of aryl methyl sites for hydroxylation is 1. The summed E-state index contributed by atoms with van der Waals surface area (Å²) in [6.07, 6.45) is 0. The minimum absolute atomic E-state index is 0.271. The Labute approximate surface area is 111 Å². The van der Waals surface area contributed by atoms with Crippen LogP contribution in [-0.2, 0) is 10.2 Å². The number of hydrogen-bond acceptors (Lipinski definition) is 2. The lowest BCUT2D eigenvalue weighted by Crippen LogP contribution is -2.33. The molecule has 0 heterocycles. The van der Waals surface area contributed by atoms with Gasteiger partial charge >= 0.3 is 0 Å². The van der Waals surface area contributed by atoms with E-state index >= 15 is 0 Å². The lowest BCUT2D eigenvalue weighted by molar-refractivity contribution is 0.565. The number of benzene rings is 1. The van der Waals surface area contributed by atoms with E-state index in [1.807, 2.05) is 26.8 Å². The fourth-order valence-corrected chi connectivity index (χ4v) is 2.76. The van der Waals surface area contributed by atoms with Gasteiger partial charge in [0.25, 0.3) is 10.2 Å². The zero-order chi connectivity index (χ0) is 13.1. The Hall–Kier alpha value is -0.590. The predicted octanol–water partition coefficient (Wildman–Crippen LogP) is 2.66. The van der Waals surface area contributed by atoms with Crippen molar-refractivity contribution in [2.24, 2.45) is 5.92 Å². The quantitative estimate of drug-likeness (QED) is 0.876. The summed E-state index contributed by atoms with van der Waals surface area (Å²) in [7, 11) is -3.50. The Kier molecular flexibility index (Phi) is 4.97. The highest BCUT2D eigenvalue weighted by Gasteiger charge is 2.12. The topological polar surface area (TPSA) is 58.2 Å². The van der Waals surface area contributed by atoms with Crippen molar-refractivity contribution < 1.29 is 8.42 Å². The predicted molar refractivity (Wildman–Crippen MR) is 74.3 cm³/mol. The normalized spacial score (nSPS) is 11.8. The zero-order valence-corrected chi connectivity index (χ0v) is 12.5. The number of nitrogens with one attached hydrogen (secondary N) is 2. The summed E-state index contributed by atoms with van der Waals surface area (Å²) in [6.45, 7) is 6.22. The fourth-order valence-electron chi connectivity index (χ4n) is 1.18. The van der Waals surface area contributed by atoms with Crippen LogP contribution in [0.4, 0.5) is 5.69 Å². The third kappa shape index (κ3) is 4.65. The molecule has 0 aliphatic rings. The third-order valence-electron chi connectivity index (χ3n) is 2.12. The van der Waals surface area contributed by atoms with Gasteiger partial charge in [-0.05, 0) is 40.4 Å². The highest BCUT2D eigenvalue weighted by molar-refractivity contribution is 9.10. The lowest BCUT2D eigenvalue weighted by Gasteiger charge is -2.12. The van der Waals surface area contributed by atoms with Crippen molar-refractivity contribution in [2.45, 2.75) is 20.8 Å². The van der Waals surface area contributed by atoms with Gasteiger partial charge in [-0.2, -0.15) is 13.1 Å². The van der Waals surface area contributed by atoms with Crippen molar-refractivity contribution in [3.63, 3.8) is 0 Å². The van der Waals surface area contributed by atoms with Crippen molar-refractivity contribution in [1.29, 1.82) is 0 Å². The molecule has 0 unspecified atom stereocenters. The Morgan fingerprint density at radius 2 is 2.00 bits per heavy atom. The minimum atomic E-state index is -3.50. The molecule has 6 heteroatoms. The van der Waals surface area contributed by atoms with Crippen LogP contribution < -0.4 is 9.44 Å². The summed E-state index contributed by atoms with van der Waals surface area (Å²) in [5.41, 5.74) is 1.52. The van der Waals surface area contributed by atoms with E-state index in [1.54, 1.807) is 12.1 Å². The summed E-state index contributed by atoms with van der Waals surface area (Å²) in [5.74, 6) is 0.271. The van der Waals surface area contributed by atoms with Gasteiger partial charge in [0.2, 0.25) is 0 Å². The van der Waals surface area contributed by atoms with Crippen molar-refractivity contribution in [2.75, 3.05) is 11.3 Å². The Morgan fingerprint density at radius 1 is 1.35 bits per heavy atom. The van der Waals surface area contributed by atoms with Gasteiger partial charge in [0.15, 0.2) is 0 Å². The highest BCUT2D eigenvalue weighted by atomic mass is 79.9. The average molecular weight is 321 g/mol. The number of anilines is 1. The highest BCUT2D eigenvalue weighted by Crippen LogP contribution is 2.26. The molecule has 0 saturated carbocycles. The van der Waals surface area contributed by atoms with Crippen molar-refractivity contribution in [1.82, 2.24) is 4.72 Å². The third-order valence-corrected chi connectivity index (χ3v) is 4.21. The number of halogens is 1. The maximum atomic E-state index is 11.7. The molecule has 0 aliphatic heterocycles. The molecule has 0 amide bonds. The Bertz CT molecular complexity index is 486. The molecule has 0 radical (unpaired) electrons. The second-order valence-corrected chi connectivity index (χ2v) is 6.58. The maximum Gasteiger partial charge on any atom is 0.299 e. The monoisotopic (exact) mass is 320 g/mol. The minimum Gasteiger partial charge on any atom is -0.270 e. The van der Waals surface area contributed by atoms with Gasteiger partial charge in [-0.3, -0.25) is 4.72 Å². The van der Waals surface area contributed by atoms with Crippen LogP contribution in [0.1, 0.15) is 19.4 Å². The Morgan fingerprint density at radius 3 is 2.59 bits per heavy atom. The summed E-state index contributed by atoms with van der Waals surface area (Å²) in [4.78, 5) is 0. The molecule has 1 aromatic rings. The fraction of sp³-hybridized carbons (Fsp3) is 0.455. The van der Waals surface area contributed by atoms with Gasteiger partial charge < -0.3 is 0 Å². The van der Waals surface area contributed by atoms with E-state index in [0.717, 1.165) is 10.0 Å².